The van der Waals surface area contributed by atoms with Crippen LogP contribution in [-0.4, -0.2) is 24.4 Å². The van der Waals surface area contributed by atoms with Crippen LogP contribution in [0, 0.1) is 10.8 Å². The summed E-state index contributed by atoms with van der Waals surface area (Å²) in [5.74, 6) is 0. The number of aldehydes is 1. The Balaban J connectivity index is 2.50. The number of aryl methyl sites for hydroxylation is 2. The van der Waals surface area contributed by atoms with E-state index in [0.29, 0.717) is 0 Å². The van der Waals surface area contributed by atoms with Gasteiger partial charge in [0.2, 0.25) is 18.1 Å². The maximum absolute atomic E-state index is 11.0. The summed E-state index contributed by atoms with van der Waals surface area (Å²) in [6.07, 6.45) is 5.42. The largest absolute Gasteiger partial charge is 0.410 e. The average Bonchev–Trinajstić information content (AvgIpc) is 3.25. The molecule has 2 radical (unpaired) electrons. The standard InChI is InChI=1S/C31H48O3SSi2/c1-12-24(17-18-32)27-20-23(21-35-27)14-13-22-15-16-25(28(30(2,3)4)33-36(8)9)26(19-22)29(31(5,6)7)34-37(10)11/h15-21,28-29H,12-14H2,1-11H3. The van der Waals surface area contributed by atoms with Crippen molar-refractivity contribution in [3.8, 4) is 0 Å². The lowest BCUT2D eigenvalue weighted by molar-refractivity contribution is -0.104. The highest BCUT2D eigenvalue weighted by atomic mass is 32.1. The second kappa shape index (κ2) is 13.7. The quantitative estimate of drug-likeness (QED) is 0.148. The van der Waals surface area contributed by atoms with Gasteiger partial charge in [-0.05, 0) is 102 Å². The minimum atomic E-state index is -0.905. The minimum absolute atomic E-state index is 0.0116. The van der Waals surface area contributed by atoms with Gasteiger partial charge in [0.25, 0.3) is 0 Å². The Morgan fingerprint density at radius 3 is 1.89 bits per heavy atom. The monoisotopic (exact) mass is 556 g/mol. The van der Waals surface area contributed by atoms with Crippen molar-refractivity contribution in [3.63, 3.8) is 0 Å². The second-order valence-electron chi connectivity index (χ2n) is 12.5. The van der Waals surface area contributed by atoms with Crippen molar-refractivity contribution >= 4 is 41.3 Å². The summed E-state index contributed by atoms with van der Waals surface area (Å²) in [5, 5.41) is 2.23. The third-order valence-corrected chi connectivity index (χ3v) is 8.79. The Bertz CT molecular complexity index is 1040. The van der Waals surface area contributed by atoms with Crippen LogP contribution in [-0.2, 0) is 26.5 Å². The van der Waals surface area contributed by atoms with E-state index in [0.717, 1.165) is 31.1 Å². The van der Waals surface area contributed by atoms with Crippen LogP contribution in [0.2, 0.25) is 26.2 Å². The van der Waals surface area contributed by atoms with E-state index in [9.17, 15) is 4.79 Å². The summed E-state index contributed by atoms with van der Waals surface area (Å²) in [6.45, 7) is 24.7. The molecule has 0 saturated heterocycles. The van der Waals surface area contributed by atoms with E-state index < -0.39 is 18.1 Å². The van der Waals surface area contributed by atoms with E-state index in [4.69, 9.17) is 8.85 Å². The zero-order valence-corrected chi connectivity index (χ0v) is 27.8. The summed E-state index contributed by atoms with van der Waals surface area (Å²) in [6, 6.07) is 9.25. The van der Waals surface area contributed by atoms with Gasteiger partial charge in [-0.25, -0.2) is 0 Å². The molecular weight excluding hydrogens is 509 g/mol. The summed E-state index contributed by atoms with van der Waals surface area (Å²) in [7, 11) is -1.79. The average molecular weight is 557 g/mol. The van der Waals surface area contributed by atoms with E-state index in [1.54, 1.807) is 17.4 Å². The van der Waals surface area contributed by atoms with Gasteiger partial charge in [0.1, 0.15) is 6.29 Å². The predicted molar refractivity (Wildman–Crippen MR) is 164 cm³/mol. The van der Waals surface area contributed by atoms with Crippen molar-refractivity contribution in [2.45, 2.75) is 106 Å². The first kappa shape index (κ1) is 31.9. The second-order valence-corrected chi connectivity index (χ2v) is 17.5. The molecule has 0 fully saturated rings. The van der Waals surface area contributed by atoms with Crippen molar-refractivity contribution in [2.24, 2.45) is 10.8 Å². The maximum atomic E-state index is 11.0. The van der Waals surface area contributed by atoms with Gasteiger partial charge in [0.05, 0.1) is 12.2 Å². The molecule has 2 rings (SSSR count). The molecule has 0 aliphatic heterocycles. The highest BCUT2D eigenvalue weighted by Crippen LogP contribution is 2.45. The number of hydrogen-bond acceptors (Lipinski definition) is 4. The van der Waals surface area contributed by atoms with E-state index in [1.165, 1.54) is 27.1 Å². The third-order valence-electron chi connectivity index (χ3n) is 6.32. The maximum Gasteiger partial charge on any atom is 0.205 e. The zero-order chi connectivity index (χ0) is 28.0. The van der Waals surface area contributed by atoms with Crippen molar-refractivity contribution in [2.75, 3.05) is 0 Å². The molecule has 0 bridgehead atoms. The van der Waals surface area contributed by atoms with E-state index in [-0.39, 0.29) is 23.0 Å². The van der Waals surface area contributed by atoms with E-state index in [1.807, 2.05) is 0 Å². The van der Waals surface area contributed by atoms with Gasteiger partial charge in [0, 0.05) is 4.88 Å². The fourth-order valence-corrected chi connectivity index (χ4v) is 7.50. The number of thiophene rings is 1. The van der Waals surface area contributed by atoms with Gasteiger partial charge < -0.3 is 8.85 Å². The van der Waals surface area contributed by atoms with Crippen molar-refractivity contribution in [3.05, 3.63) is 62.9 Å². The molecular formula is C31H48O3SSi2. The van der Waals surface area contributed by atoms with Crippen LogP contribution in [0.5, 0.6) is 0 Å². The van der Waals surface area contributed by atoms with Gasteiger partial charge in [0.15, 0.2) is 0 Å². The molecule has 0 aliphatic carbocycles. The first-order valence-corrected chi connectivity index (χ1v) is 19.1. The number of allylic oxidation sites excluding steroid dienone is 2. The van der Waals surface area contributed by atoms with Gasteiger partial charge in [-0.2, -0.15) is 0 Å². The van der Waals surface area contributed by atoms with Crippen LogP contribution in [0.1, 0.15) is 94.2 Å². The molecule has 0 saturated carbocycles. The molecule has 0 spiro atoms. The van der Waals surface area contributed by atoms with Gasteiger partial charge in [-0.3, -0.25) is 4.79 Å². The fourth-order valence-electron chi connectivity index (χ4n) is 4.55. The molecule has 37 heavy (non-hydrogen) atoms. The third kappa shape index (κ3) is 9.43. The molecule has 0 N–H and O–H groups in total. The summed E-state index contributed by atoms with van der Waals surface area (Å²) >= 11 is 1.73. The molecule has 1 aromatic heterocycles. The smallest absolute Gasteiger partial charge is 0.205 e. The topological polar surface area (TPSA) is 35.5 Å². The molecule has 2 atom stereocenters. The molecule has 6 heteroatoms. The first-order valence-electron chi connectivity index (χ1n) is 13.5. The van der Waals surface area contributed by atoms with E-state index in [2.05, 4.69) is 104 Å². The van der Waals surface area contributed by atoms with Gasteiger partial charge >= 0.3 is 0 Å². The van der Waals surface area contributed by atoms with Crippen LogP contribution in [0.4, 0.5) is 0 Å². The van der Waals surface area contributed by atoms with Crippen molar-refractivity contribution in [1.82, 2.24) is 0 Å². The van der Waals surface area contributed by atoms with Crippen molar-refractivity contribution < 1.29 is 13.6 Å². The molecule has 2 unspecified atom stereocenters. The fraction of sp³-hybridized carbons (Fsp3) is 0.581. The van der Waals surface area contributed by atoms with E-state index >= 15 is 0 Å². The zero-order valence-electron chi connectivity index (χ0n) is 25.0. The first-order chi connectivity index (χ1) is 17.2. The highest BCUT2D eigenvalue weighted by Gasteiger charge is 2.36. The molecule has 204 valence electrons. The lowest BCUT2D eigenvalue weighted by Gasteiger charge is -2.39. The summed E-state index contributed by atoms with van der Waals surface area (Å²) < 4.78 is 13.4. The van der Waals surface area contributed by atoms with Crippen molar-refractivity contribution in [1.29, 1.82) is 0 Å². The van der Waals surface area contributed by atoms with Gasteiger partial charge in [-0.15, -0.1) is 11.3 Å². The van der Waals surface area contributed by atoms with Crippen LogP contribution in [0.25, 0.3) is 5.57 Å². The Morgan fingerprint density at radius 2 is 1.41 bits per heavy atom. The van der Waals surface area contributed by atoms with Crippen LogP contribution >= 0.6 is 11.3 Å². The summed E-state index contributed by atoms with van der Waals surface area (Å²) in [4.78, 5) is 12.2. The molecule has 2 aromatic rings. The van der Waals surface area contributed by atoms with Crippen LogP contribution in [0.15, 0.2) is 35.7 Å². The van der Waals surface area contributed by atoms with Crippen LogP contribution < -0.4 is 0 Å². The number of benzene rings is 1. The minimum Gasteiger partial charge on any atom is -0.410 e. The Morgan fingerprint density at radius 1 is 0.865 bits per heavy atom. The number of rotatable bonds is 12. The Labute approximate surface area is 234 Å². The lowest BCUT2D eigenvalue weighted by atomic mass is 9.77. The molecule has 1 aromatic carbocycles. The van der Waals surface area contributed by atoms with Crippen LogP contribution in [0.3, 0.4) is 0 Å². The highest BCUT2D eigenvalue weighted by molar-refractivity contribution is 7.11. The summed E-state index contributed by atoms with van der Waals surface area (Å²) in [5.41, 5.74) is 6.27. The molecule has 0 amide bonds. The number of carbonyl (C=O) groups excluding carboxylic acids is 1. The normalized spacial score (nSPS) is 14.9. The molecule has 3 nitrogen and oxygen atoms in total. The number of carbonyl (C=O) groups is 1. The molecule has 1 heterocycles. The lowest BCUT2D eigenvalue weighted by Crippen LogP contribution is -2.31. The Kier molecular flexibility index (Phi) is 11.8. The number of hydrogen-bond donors (Lipinski definition) is 0. The predicted octanol–water partition coefficient (Wildman–Crippen LogP) is 9.24. The Hall–Kier alpha value is -1.32. The van der Waals surface area contributed by atoms with Gasteiger partial charge in [-0.1, -0.05) is 66.7 Å². The molecule has 0 aliphatic rings. The SMILES string of the molecule is CCC(=CC=O)c1cc(CCc2ccc(C(O[Si](C)C)C(C)(C)C)c(C(O[Si](C)C)C(C)(C)C)c2)cs1.